The smallest absolute Gasteiger partial charge is 0.326 e. The predicted octanol–water partition coefficient (Wildman–Crippen LogP) is 4.35. The molecule has 1 heterocycles. The van der Waals surface area contributed by atoms with Gasteiger partial charge in [0.2, 0.25) is 11.8 Å². The van der Waals surface area contributed by atoms with Crippen molar-refractivity contribution in [2.45, 2.75) is 12.6 Å². The molecular weight excluding hydrogens is 369 g/mol. The Labute approximate surface area is 152 Å². The molecule has 0 aromatic heterocycles. The van der Waals surface area contributed by atoms with Crippen molar-refractivity contribution in [3.8, 4) is 0 Å². The van der Waals surface area contributed by atoms with Crippen molar-refractivity contribution in [2.75, 3.05) is 16.8 Å². The number of carbonyl (C=O) groups is 2. The van der Waals surface area contributed by atoms with Crippen LogP contribution >= 0.6 is 11.6 Å². The molecule has 1 aliphatic rings. The molecular formula is C18H14ClF3N2O2. The van der Waals surface area contributed by atoms with Crippen molar-refractivity contribution >= 4 is 34.8 Å². The van der Waals surface area contributed by atoms with Gasteiger partial charge in [-0.25, -0.2) is 0 Å². The second-order valence-electron chi connectivity index (χ2n) is 5.92. The monoisotopic (exact) mass is 382 g/mol. The van der Waals surface area contributed by atoms with Crippen molar-refractivity contribution in [1.29, 1.82) is 0 Å². The number of hydrogen-bond acceptors (Lipinski definition) is 2. The van der Waals surface area contributed by atoms with Gasteiger partial charge in [-0.05, 0) is 30.3 Å². The summed E-state index contributed by atoms with van der Waals surface area (Å²) in [5, 5.41) is 2.84. The maximum atomic E-state index is 12.8. The molecule has 2 aromatic carbocycles. The standard InChI is InChI=1S/C18H14ClF3N2O2/c19-14-6-1-2-7-15(14)24-10-11(8-16(24)25)17(26)23-13-5-3-4-12(9-13)18(20,21)22/h1-7,9,11H,8,10H2,(H,23,26). The molecule has 2 aromatic rings. The Kier molecular flexibility index (Phi) is 4.91. The fourth-order valence-electron chi connectivity index (χ4n) is 2.80. The Morgan fingerprint density at radius 2 is 1.88 bits per heavy atom. The maximum Gasteiger partial charge on any atom is 0.416 e. The van der Waals surface area contributed by atoms with Crippen molar-refractivity contribution in [1.82, 2.24) is 0 Å². The third-order valence-corrected chi connectivity index (χ3v) is 4.42. The van der Waals surface area contributed by atoms with Gasteiger partial charge in [-0.3, -0.25) is 9.59 Å². The highest BCUT2D eigenvalue weighted by Gasteiger charge is 2.36. The number of para-hydroxylation sites is 1. The average Bonchev–Trinajstić information content (AvgIpc) is 2.97. The molecule has 8 heteroatoms. The summed E-state index contributed by atoms with van der Waals surface area (Å²) in [5.74, 6) is -1.44. The average molecular weight is 383 g/mol. The van der Waals surface area contributed by atoms with Gasteiger partial charge in [0.05, 0.1) is 22.2 Å². The van der Waals surface area contributed by atoms with Crippen molar-refractivity contribution in [2.24, 2.45) is 5.92 Å². The van der Waals surface area contributed by atoms with E-state index in [4.69, 9.17) is 11.6 Å². The summed E-state index contributed by atoms with van der Waals surface area (Å²) in [4.78, 5) is 26.0. The normalized spacial score (nSPS) is 17.5. The largest absolute Gasteiger partial charge is 0.416 e. The summed E-state index contributed by atoms with van der Waals surface area (Å²) in [6.07, 6.45) is -4.53. The number of halogens is 4. The van der Waals surface area contributed by atoms with E-state index in [0.717, 1.165) is 12.1 Å². The molecule has 0 bridgehead atoms. The molecule has 3 rings (SSSR count). The highest BCUT2D eigenvalue weighted by atomic mass is 35.5. The lowest BCUT2D eigenvalue weighted by Gasteiger charge is -2.18. The Morgan fingerprint density at radius 1 is 1.15 bits per heavy atom. The highest BCUT2D eigenvalue weighted by molar-refractivity contribution is 6.33. The highest BCUT2D eigenvalue weighted by Crippen LogP contribution is 2.33. The van der Waals surface area contributed by atoms with E-state index in [1.165, 1.54) is 17.0 Å². The van der Waals surface area contributed by atoms with Gasteiger partial charge in [-0.15, -0.1) is 0 Å². The number of nitrogens with one attached hydrogen (secondary N) is 1. The zero-order chi connectivity index (χ0) is 18.9. The van der Waals surface area contributed by atoms with E-state index in [2.05, 4.69) is 5.32 Å². The van der Waals surface area contributed by atoms with Crippen LogP contribution in [0.4, 0.5) is 24.5 Å². The number of anilines is 2. The van der Waals surface area contributed by atoms with Crippen LogP contribution in [0.1, 0.15) is 12.0 Å². The zero-order valence-corrected chi connectivity index (χ0v) is 14.1. The molecule has 2 amide bonds. The van der Waals surface area contributed by atoms with Crippen LogP contribution in [0.3, 0.4) is 0 Å². The molecule has 1 unspecified atom stereocenters. The minimum absolute atomic E-state index is 0.0317. The molecule has 0 spiro atoms. The summed E-state index contributed by atoms with van der Waals surface area (Å²) in [6.45, 7) is 0.118. The summed E-state index contributed by atoms with van der Waals surface area (Å²) < 4.78 is 38.3. The van der Waals surface area contributed by atoms with E-state index >= 15 is 0 Å². The van der Waals surface area contributed by atoms with Gasteiger partial charge in [0.15, 0.2) is 0 Å². The fourth-order valence-corrected chi connectivity index (χ4v) is 3.04. The first kappa shape index (κ1) is 18.3. The van der Waals surface area contributed by atoms with Gasteiger partial charge in [0.1, 0.15) is 0 Å². The van der Waals surface area contributed by atoms with Crippen molar-refractivity contribution in [3.05, 3.63) is 59.1 Å². The molecule has 1 fully saturated rings. The van der Waals surface area contributed by atoms with E-state index in [9.17, 15) is 22.8 Å². The quantitative estimate of drug-likeness (QED) is 0.858. The molecule has 26 heavy (non-hydrogen) atoms. The van der Waals surface area contributed by atoms with Gasteiger partial charge in [-0.1, -0.05) is 29.8 Å². The minimum atomic E-state index is -4.50. The first-order valence-electron chi connectivity index (χ1n) is 7.79. The van der Waals surface area contributed by atoms with E-state index < -0.39 is 23.6 Å². The number of carbonyl (C=O) groups excluding carboxylic acids is 2. The van der Waals surface area contributed by atoms with Crippen LogP contribution in [0.2, 0.25) is 5.02 Å². The SMILES string of the molecule is O=C(Nc1cccc(C(F)(F)F)c1)C1CC(=O)N(c2ccccc2Cl)C1. The fraction of sp³-hybridized carbons (Fsp3) is 0.222. The number of hydrogen-bond donors (Lipinski definition) is 1. The third-order valence-electron chi connectivity index (χ3n) is 4.10. The molecule has 0 radical (unpaired) electrons. The number of rotatable bonds is 3. The van der Waals surface area contributed by atoms with Crippen LogP contribution in [0.15, 0.2) is 48.5 Å². The molecule has 1 N–H and O–H groups in total. The maximum absolute atomic E-state index is 12.8. The predicted molar refractivity (Wildman–Crippen MR) is 92.0 cm³/mol. The van der Waals surface area contributed by atoms with Gasteiger partial charge < -0.3 is 10.2 Å². The summed E-state index contributed by atoms with van der Waals surface area (Å²) in [5.41, 5.74) is -0.308. The van der Waals surface area contributed by atoms with E-state index in [-0.39, 0.29) is 24.6 Å². The third kappa shape index (κ3) is 3.83. The van der Waals surface area contributed by atoms with Crippen LogP contribution in [0, 0.1) is 5.92 Å². The van der Waals surface area contributed by atoms with E-state index in [1.54, 1.807) is 24.3 Å². The molecule has 4 nitrogen and oxygen atoms in total. The molecule has 0 aliphatic carbocycles. The number of nitrogens with zero attached hydrogens (tertiary/aromatic N) is 1. The van der Waals surface area contributed by atoms with Gasteiger partial charge in [-0.2, -0.15) is 13.2 Å². The number of amides is 2. The Bertz CT molecular complexity index is 854. The number of alkyl halides is 3. The number of benzene rings is 2. The Hall–Kier alpha value is -2.54. The second kappa shape index (κ2) is 6.99. The van der Waals surface area contributed by atoms with Gasteiger partial charge in [0, 0.05) is 18.7 Å². The van der Waals surface area contributed by atoms with Gasteiger partial charge >= 0.3 is 6.18 Å². The Morgan fingerprint density at radius 3 is 2.58 bits per heavy atom. The van der Waals surface area contributed by atoms with Gasteiger partial charge in [0.25, 0.3) is 0 Å². The van der Waals surface area contributed by atoms with Crippen LogP contribution in [0.5, 0.6) is 0 Å². The lowest BCUT2D eigenvalue weighted by Crippen LogP contribution is -2.28. The molecule has 1 saturated heterocycles. The lowest BCUT2D eigenvalue weighted by molar-refractivity contribution is -0.137. The molecule has 136 valence electrons. The minimum Gasteiger partial charge on any atom is -0.326 e. The van der Waals surface area contributed by atoms with E-state index in [0.29, 0.717) is 10.7 Å². The molecule has 1 atom stereocenters. The summed E-state index contributed by atoms with van der Waals surface area (Å²) in [7, 11) is 0. The lowest BCUT2D eigenvalue weighted by atomic mass is 10.1. The molecule has 1 aliphatic heterocycles. The van der Waals surface area contributed by atoms with Crippen molar-refractivity contribution in [3.63, 3.8) is 0 Å². The van der Waals surface area contributed by atoms with Crippen LogP contribution < -0.4 is 10.2 Å². The summed E-state index contributed by atoms with van der Waals surface area (Å²) >= 11 is 6.09. The van der Waals surface area contributed by atoms with Crippen molar-refractivity contribution < 1.29 is 22.8 Å². The second-order valence-corrected chi connectivity index (χ2v) is 6.33. The van der Waals surface area contributed by atoms with Crippen LogP contribution in [0.25, 0.3) is 0 Å². The zero-order valence-electron chi connectivity index (χ0n) is 13.4. The molecule has 0 saturated carbocycles. The van der Waals surface area contributed by atoms with Crippen LogP contribution in [-0.2, 0) is 15.8 Å². The first-order chi connectivity index (χ1) is 12.3. The van der Waals surface area contributed by atoms with E-state index in [1.807, 2.05) is 0 Å². The Balaban J connectivity index is 1.72. The summed E-state index contributed by atoms with van der Waals surface area (Å²) in [6, 6.07) is 11.1. The topological polar surface area (TPSA) is 49.4 Å². The van der Waals surface area contributed by atoms with Crippen LogP contribution in [-0.4, -0.2) is 18.4 Å². The first-order valence-corrected chi connectivity index (χ1v) is 8.16.